The molecule has 1 aliphatic heterocycles. The van der Waals surface area contributed by atoms with Crippen molar-refractivity contribution in [1.29, 1.82) is 0 Å². The zero-order valence-corrected chi connectivity index (χ0v) is 11.2. The number of hydrogen-bond acceptors (Lipinski definition) is 3. The molecule has 0 unspecified atom stereocenters. The van der Waals surface area contributed by atoms with Crippen LogP contribution in [0.4, 0.5) is 0 Å². The molecule has 1 aromatic rings. The van der Waals surface area contributed by atoms with Crippen molar-refractivity contribution in [2.45, 2.75) is 32.8 Å². The van der Waals surface area contributed by atoms with Gasteiger partial charge in [-0.3, -0.25) is 9.69 Å². The molecule has 0 amide bonds. The smallest absolute Gasteiger partial charge is 0.176 e. The van der Waals surface area contributed by atoms with Crippen LogP contribution in [0.25, 0.3) is 0 Å². The van der Waals surface area contributed by atoms with Crippen LogP contribution in [0.15, 0.2) is 24.3 Å². The van der Waals surface area contributed by atoms with Crippen LogP contribution in [0.3, 0.4) is 0 Å². The molecule has 1 fully saturated rings. The van der Waals surface area contributed by atoms with E-state index in [9.17, 15) is 4.79 Å². The highest BCUT2D eigenvalue weighted by Crippen LogP contribution is 2.15. The summed E-state index contributed by atoms with van der Waals surface area (Å²) in [7, 11) is 0. The van der Waals surface area contributed by atoms with Crippen molar-refractivity contribution in [2.75, 3.05) is 19.6 Å². The van der Waals surface area contributed by atoms with Gasteiger partial charge in [-0.15, -0.1) is 0 Å². The number of carbonyl (C=O) groups is 1. The van der Waals surface area contributed by atoms with Crippen LogP contribution in [0.5, 0.6) is 5.75 Å². The SMILES string of the molecule is CC(C)Oc1ccc(C(=O)CN2CCCC2)cc1. The fourth-order valence-electron chi connectivity index (χ4n) is 2.23. The van der Waals surface area contributed by atoms with E-state index >= 15 is 0 Å². The second kappa shape index (κ2) is 6.01. The van der Waals surface area contributed by atoms with Crippen LogP contribution in [0.1, 0.15) is 37.0 Å². The molecular weight excluding hydrogens is 226 g/mol. The first kappa shape index (κ1) is 13.1. The lowest BCUT2D eigenvalue weighted by Crippen LogP contribution is -2.26. The number of likely N-dealkylation sites (tertiary alicyclic amines) is 1. The minimum atomic E-state index is 0.163. The van der Waals surface area contributed by atoms with Crippen LogP contribution in [-0.2, 0) is 0 Å². The van der Waals surface area contributed by atoms with E-state index in [0.29, 0.717) is 6.54 Å². The molecule has 3 heteroatoms. The monoisotopic (exact) mass is 247 g/mol. The lowest BCUT2D eigenvalue weighted by atomic mass is 10.1. The first-order valence-corrected chi connectivity index (χ1v) is 6.67. The number of nitrogens with zero attached hydrogens (tertiary/aromatic N) is 1. The molecular formula is C15H21NO2. The average molecular weight is 247 g/mol. The highest BCUT2D eigenvalue weighted by molar-refractivity contribution is 5.97. The summed E-state index contributed by atoms with van der Waals surface area (Å²) in [4.78, 5) is 14.3. The van der Waals surface area contributed by atoms with Crippen molar-refractivity contribution in [3.05, 3.63) is 29.8 Å². The van der Waals surface area contributed by atoms with E-state index in [2.05, 4.69) is 4.90 Å². The zero-order valence-electron chi connectivity index (χ0n) is 11.2. The van der Waals surface area contributed by atoms with E-state index in [1.54, 1.807) is 0 Å². The van der Waals surface area contributed by atoms with Gasteiger partial charge >= 0.3 is 0 Å². The van der Waals surface area contributed by atoms with Gasteiger partial charge in [-0.25, -0.2) is 0 Å². The standard InChI is InChI=1S/C15H21NO2/c1-12(2)18-14-7-5-13(6-8-14)15(17)11-16-9-3-4-10-16/h5-8,12H,3-4,9-11H2,1-2H3. The lowest BCUT2D eigenvalue weighted by Gasteiger charge is -2.14. The van der Waals surface area contributed by atoms with Crippen molar-refractivity contribution in [3.63, 3.8) is 0 Å². The highest BCUT2D eigenvalue weighted by Gasteiger charge is 2.16. The summed E-state index contributed by atoms with van der Waals surface area (Å²) >= 11 is 0. The second-order valence-electron chi connectivity index (χ2n) is 5.10. The summed E-state index contributed by atoms with van der Waals surface area (Å²) in [5.41, 5.74) is 0.776. The normalized spacial score (nSPS) is 16.2. The Morgan fingerprint density at radius 1 is 1.22 bits per heavy atom. The van der Waals surface area contributed by atoms with Gasteiger partial charge in [-0.2, -0.15) is 0 Å². The maximum atomic E-state index is 12.1. The van der Waals surface area contributed by atoms with E-state index in [0.717, 1.165) is 24.4 Å². The van der Waals surface area contributed by atoms with Gasteiger partial charge in [0.2, 0.25) is 0 Å². The number of ether oxygens (including phenoxy) is 1. The van der Waals surface area contributed by atoms with Gasteiger partial charge < -0.3 is 4.74 Å². The summed E-state index contributed by atoms with van der Waals surface area (Å²) in [5.74, 6) is 1.02. The summed E-state index contributed by atoms with van der Waals surface area (Å²) in [6.07, 6.45) is 2.60. The van der Waals surface area contributed by atoms with Crippen LogP contribution >= 0.6 is 0 Å². The van der Waals surface area contributed by atoms with Gasteiger partial charge in [0.05, 0.1) is 12.6 Å². The third kappa shape index (κ3) is 3.57. The van der Waals surface area contributed by atoms with Crippen LogP contribution < -0.4 is 4.74 Å². The Labute approximate surface area is 109 Å². The molecule has 1 saturated heterocycles. The predicted octanol–water partition coefficient (Wildman–Crippen LogP) is 2.75. The summed E-state index contributed by atoms with van der Waals surface area (Å²) in [6.45, 7) is 6.64. The Kier molecular flexibility index (Phi) is 4.37. The molecule has 0 saturated carbocycles. The van der Waals surface area contributed by atoms with E-state index < -0.39 is 0 Å². The molecule has 3 nitrogen and oxygen atoms in total. The summed E-state index contributed by atoms with van der Waals surface area (Å²) < 4.78 is 5.56. The van der Waals surface area contributed by atoms with Gasteiger partial charge in [0.1, 0.15) is 5.75 Å². The Balaban J connectivity index is 1.93. The predicted molar refractivity (Wildman–Crippen MR) is 72.2 cm³/mol. The van der Waals surface area contributed by atoms with Crippen LogP contribution in [0, 0.1) is 0 Å². The molecule has 0 aliphatic carbocycles. The van der Waals surface area contributed by atoms with Crippen molar-refractivity contribution in [3.8, 4) is 5.75 Å². The number of ketones is 1. The molecule has 18 heavy (non-hydrogen) atoms. The third-order valence-corrected chi connectivity index (χ3v) is 3.11. The number of hydrogen-bond donors (Lipinski definition) is 0. The Hall–Kier alpha value is -1.35. The largest absolute Gasteiger partial charge is 0.491 e. The first-order chi connectivity index (χ1) is 8.65. The molecule has 0 spiro atoms. The quantitative estimate of drug-likeness (QED) is 0.749. The van der Waals surface area contributed by atoms with Crippen molar-refractivity contribution < 1.29 is 9.53 Å². The highest BCUT2D eigenvalue weighted by atomic mass is 16.5. The molecule has 98 valence electrons. The van der Waals surface area contributed by atoms with Gasteiger partial charge in [-0.1, -0.05) is 0 Å². The minimum absolute atomic E-state index is 0.163. The minimum Gasteiger partial charge on any atom is -0.491 e. The number of rotatable bonds is 5. The summed E-state index contributed by atoms with van der Waals surface area (Å²) in [5, 5.41) is 0. The van der Waals surface area contributed by atoms with Crippen molar-refractivity contribution >= 4 is 5.78 Å². The zero-order chi connectivity index (χ0) is 13.0. The van der Waals surface area contributed by atoms with Crippen LogP contribution in [0.2, 0.25) is 0 Å². The van der Waals surface area contributed by atoms with Gasteiger partial charge in [0.25, 0.3) is 0 Å². The molecule has 1 aromatic carbocycles. The molecule has 0 radical (unpaired) electrons. The molecule has 2 rings (SSSR count). The fraction of sp³-hybridized carbons (Fsp3) is 0.533. The number of benzene rings is 1. The Bertz CT molecular complexity index is 391. The third-order valence-electron chi connectivity index (χ3n) is 3.11. The number of carbonyl (C=O) groups excluding carboxylic acids is 1. The summed E-state index contributed by atoms with van der Waals surface area (Å²) in [6, 6.07) is 7.46. The van der Waals surface area contributed by atoms with E-state index in [1.165, 1.54) is 12.8 Å². The maximum Gasteiger partial charge on any atom is 0.176 e. The maximum absolute atomic E-state index is 12.1. The molecule has 1 heterocycles. The van der Waals surface area contributed by atoms with Gasteiger partial charge in [0.15, 0.2) is 5.78 Å². The molecule has 0 N–H and O–H groups in total. The second-order valence-corrected chi connectivity index (χ2v) is 5.10. The fourth-order valence-corrected chi connectivity index (χ4v) is 2.23. The Morgan fingerprint density at radius 3 is 2.39 bits per heavy atom. The first-order valence-electron chi connectivity index (χ1n) is 6.67. The van der Waals surface area contributed by atoms with Gasteiger partial charge in [-0.05, 0) is 64.0 Å². The molecule has 0 aromatic heterocycles. The Morgan fingerprint density at radius 2 is 1.83 bits per heavy atom. The lowest BCUT2D eigenvalue weighted by molar-refractivity contribution is 0.0945. The molecule has 0 bridgehead atoms. The van der Waals surface area contributed by atoms with Crippen molar-refractivity contribution in [1.82, 2.24) is 4.90 Å². The van der Waals surface area contributed by atoms with Gasteiger partial charge in [0, 0.05) is 5.56 Å². The molecule has 1 aliphatic rings. The van der Waals surface area contributed by atoms with E-state index in [4.69, 9.17) is 4.74 Å². The van der Waals surface area contributed by atoms with Crippen molar-refractivity contribution in [2.24, 2.45) is 0 Å². The average Bonchev–Trinajstić information content (AvgIpc) is 2.82. The van der Waals surface area contributed by atoms with Crippen LogP contribution in [-0.4, -0.2) is 36.4 Å². The van der Waals surface area contributed by atoms with E-state index in [1.807, 2.05) is 38.1 Å². The number of Topliss-reactive ketones (excluding diaryl/α,β-unsaturated/α-hetero) is 1. The van der Waals surface area contributed by atoms with E-state index in [-0.39, 0.29) is 11.9 Å². The topological polar surface area (TPSA) is 29.5 Å². The molecule has 0 atom stereocenters.